The summed E-state index contributed by atoms with van der Waals surface area (Å²) in [6.45, 7) is 1.69. The van der Waals surface area contributed by atoms with Crippen LogP contribution in [0.25, 0.3) is 11.3 Å². The minimum absolute atomic E-state index is 0.0542. The van der Waals surface area contributed by atoms with Gasteiger partial charge in [-0.25, -0.2) is 14.2 Å². The van der Waals surface area contributed by atoms with Crippen LogP contribution in [-0.4, -0.2) is 49.0 Å². The summed E-state index contributed by atoms with van der Waals surface area (Å²) in [5.41, 5.74) is -4.68. The normalized spacial score (nSPS) is 12.6. The standard InChI is InChI=1S/C41H38ClF4N3O7/c1-39(2,49-38(51)56-23-25-8-6-5-7-9-25)29-20-33(27-12-16-32(43)31(42)18-27)48-36(21-29)40(52,41(44,45)46)24-47-37(50)28-13-17-34(35(19-28)54-4)55-22-26-10-14-30(53-3)15-11-26/h5-21,52H,22-24H2,1-4H3,(H,47,50)(H,49,51). The van der Waals surface area contributed by atoms with Gasteiger partial charge in [0.1, 0.15) is 24.8 Å². The highest BCUT2D eigenvalue weighted by molar-refractivity contribution is 6.31. The average molecular weight is 796 g/mol. The van der Waals surface area contributed by atoms with Crippen molar-refractivity contribution in [1.82, 2.24) is 15.6 Å². The Hall–Kier alpha value is -5.86. The maximum Gasteiger partial charge on any atom is 0.424 e. The smallest absolute Gasteiger partial charge is 0.424 e. The number of alkyl halides is 3. The van der Waals surface area contributed by atoms with E-state index in [1.807, 2.05) is 0 Å². The number of nitrogens with one attached hydrogen (secondary N) is 2. The number of halogens is 5. The number of carbonyl (C=O) groups is 2. The van der Waals surface area contributed by atoms with Gasteiger partial charge in [-0.2, -0.15) is 13.2 Å². The Kier molecular flexibility index (Phi) is 12.8. The van der Waals surface area contributed by atoms with Crippen molar-refractivity contribution < 1.29 is 51.2 Å². The summed E-state index contributed by atoms with van der Waals surface area (Å²) in [6.07, 6.45) is -6.28. The summed E-state index contributed by atoms with van der Waals surface area (Å²) in [6, 6.07) is 25.7. The van der Waals surface area contributed by atoms with Crippen molar-refractivity contribution >= 4 is 23.6 Å². The zero-order valence-corrected chi connectivity index (χ0v) is 31.4. The number of carbonyl (C=O) groups excluding carboxylic acids is 2. The molecular weight excluding hydrogens is 758 g/mol. The van der Waals surface area contributed by atoms with E-state index < -0.39 is 47.4 Å². The lowest BCUT2D eigenvalue weighted by atomic mass is 9.88. The van der Waals surface area contributed by atoms with Crippen LogP contribution in [0.2, 0.25) is 5.02 Å². The molecule has 10 nitrogen and oxygen atoms in total. The monoisotopic (exact) mass is 795 g/mol. The summed E-state index contributed by atoms with van der Waals surface area (Å²) in [5, 5.41) is 15.9. The molecule has 0 aliphatic heterocycles. The number of methoxy groups -OCH3 is 2. The van der Waals surface area contributed by atoms with Crippen molar-refractivity contribution in [3.8, 4) is 28.5 Å². The molecule has 0 bridgehead atoms. The van der Waals surface area contributed by atoms with Crippen molar-refractivity contribution in [3.63, 3.8) is 0 Å². The quantitative estimate of drug-likeness (QED) is 0.0956. The van der Waals surface area contributed by atoms with Crippen LogP contribution >= 0.6 is 11.6 Å². The zero-order valence-electron chi connectivity index (χ0n) is 30.7. The molecule has 0 saturated carbocycles. The molecule has 5 rings (SSSR count). The van der Waals surface area contributed by atoms with Crippen LogP contribution in [0.1, 0.15) is 46.6 Å². The lowest BCUT2D eigenvalue weighted by Crippen LogP contribution is -2.52. The van der Waals surface area contributed by atoms with Gasteiger partial charge >= 0.3 is 12.3 Å². The number of pyridine rings is 1. The topological polar surface area (TPSA) is 128 Å². The van der Waals surface area contributed by atoms with Crippen molar-refractivity contribution in [3.05, 3.63) is 142 Å². The predicted molar refractivity (Wildman–Crippen MR) is 200 cm³/mol. The summed E-state index contributed by atoms with van der Waals surface area (Å²) < 4.78 is 80.8. The molecule has 294 valence electrons. The maximum absolute atomic E-state index is 15.0. The first-order chi connectivity index (χ1) is 26.5. The molecule has 0 saturated heterocycles. The fraction of sp³-hybridized carbons (Fsp3) is 0.244. The molecule has 56 heavy (non-hydrogen) atoms. The molecule has 1 unspecified atom stereocenters. The number of aromatic nitrogens is 1. The molecule has 0 radical (unpaired) electrons. The zero-order chi connectivity index (χ0) is 40.7. The van der Waals surface area contributed by atoms with Gasteiger partial charge in [0.2, 0.25) is 5.60 Å². The second-order valence-corrected chi connectivity index (χ2v) is 13.5. The molecule has 0 fully saturated rings. The lowest BCUT2D eigenvalue weighted by Gasteiger charge is -2.33. The summed E-state index contributed by atoms with van der Waals surface area (Å²) >= 11 is 6.01. The molecule has 2 amide bonds. The van der Waals surface area contributed by atoms with Crippen molar-refractivity contribution in [2.75, 3.05) is 20.8 Å². The third-order valence-electron chi connectivity index (χ3n) is 8.77. The van der Waals surface area contributed by atoms with Gasteiger partial charge in [-0.05, 0) is 91.2 Å². The second-order valence-electron chi connectivity index (χ2n) is 13.1. The molecule has 0 aliphatic rings. The summed E-state index contributed by atoms with van der Waals surface area (Å²) in [5.74, 6) is -0.693. The first kappa shape index (κ1) is 41.3. The van der Waals surface area contributed by atoms with E-state index in [-0.39, 0.29) is 52.1 Å². The lowest BCUT2D eigenvalue weighted by molar-refractivity contribution is -0.265. The highest BCUT2D eigenvalue weighted by atomic mass is 35.5. The van der Waals surface area contributed by atoms with E-state index in [9.17, 15) is 32.3 Å². The first-order valence-corrected chi connectivity index (χ1v) is 17.4. The van der Waals surface area contributed by atoms with Crippen LogP contribution in [0.4, 0.5) is 22.4 Å². The van der Waals surface area contributed by atoms with Gasteiger partial charge in [0.15, 0.2) is 11.5 Å². The van der Waals surface area contributed by atoms with Gasteiger partial charge in [-0.3, -0.25) is 4.79 Å². The molecule has 1 heterocycles. The Bertz CT molecular complexity index is 2170. The highest BCUT2D eigenvalue weighted by Crippen LogP contribution is 2.40. The number of hydrogen-bond acceptors (Lipinski definition) is 8. The fourth-order valence-corrected chi connectivity index (χ4v) is 5.63. The van der Waals surface area contributed by atoms with E-state index in [1.165, 1.54) is 51.3 Å². The number of nitrogens with zero attached hydrogens (tertiary/aromatic N) is 1. The predicted octanol–water partition coefficient (Wildman–Crippen LogP) is 8.48. The molecule has 5 aromatic rings. The van der Waals surface area contributed by atoms with Gasteiger partial charge in [-0.1, -0.05) is 54.1 Å². The fourth-order valence-electron chi connectivity index (χ4n) is 5.45. The van der Waals surface area contributed by atoms with Gasteiger partial charge < -0.3 is 34.7 Å². The van der Waals surface area contributed by atoms with Crippen molar-refractivity contribution in [1.29, 1.82) is 0 Å². The van der Waals surface area contributed by atoms with E-state index in [2.05, 4.69) is 15.6 Å². The number of aliphatic hydroxyl groups is 1. The molecular formula is C41H38ClF4N3O7. The Morgan fingerprint density at radius 3 is 2.16 bits per heavy atom. The van der Waals surface area contributed by atoms with Crippen LogP contribution in [0, 0.1) is 5.82 Å². The SMILES string of the molecule is COc1ccc(COc2ccc(C(=O)NCC(O)(c3cc(C(C)(C)NC(=O)OCc4ccccc4)cc(-c4ccc(F)c(Cl)c4)n3)C(F)(F)F)cc2OC)cc1. The number of benzene rings is 4. The van der Waals surface area contributed by atoms with E-state index >= 15 is 0 Å². The number of alkyl carbamates (subject to hydrolysis) is 1. The largest absolute Gasteiger partial charge is 0.497 e. The van der Waals surface area contributed by atoms with Crippen LogP contribution in [0.15, 0.2) is 103 Å². The molecule has 1 atom stereocenters. The van der Waals surface area contributed by atoms with Crippen LogP contribution in [0.5, 0.6) is 17.2 Å². The molecule has 15 heteroatoms. The maximum atomic E-state index is 15.0. The third-order valence-corrected chi connectivity index (χ3v) is 9.06. The second kappa shape index (κ2) is 17.3. The van der Waals surface area contributed by atoms with Gasteiger partial charge in [0.05, 0.1) is 42.7 Å². The van der Waals surface area contributed by atoms with Crippen molar-refractivity contribution in [2.45, 2.75) is 44.4 Å². The number of amides is 2. The van der Waals surface area contributed by atoms with Crippen LogP contribution in [-0.2, 0) is 29.1 Å². The molecule has 0 aliphatic carbocycles. The van der Waals surface area contributed by atoms with Gasteiger partial charge in [-0.15, -0.1) is 0 Å². The van der Waals surface area contributed by atoms with Crippen LogP contribution in [0.3, 0.4) is 0 Å². The third kappa shape index (κ3) is 9.86. The molecule has 3 N–H and O–H groups in total. The number of ether oxygens (including phenoxy) is 4. The first-order valence-electron chi connectivity index (χ1n) is 17.0. The minimum Gasteiger partial charge on any atom is -0.497 e. The Morgan fingerprint density at radius 2 is 1.52 bits per heavy atom. The average Bonchev–Trinajstić information content (AvgIpc) is 3.19. The summed E-state index contributed by atoms with van der Waals surface area (Å²) in [4.78, 5) is 30.3. The van der Waals surface area contributed by atoms with E-state index in [0.717, 1.165) is 23.8 Å². The van der Waals surface area contributed by atoms with Crippen LogP contribution < -0.4 is 24.8 Å². The van der Waals surface area contributed by atoms with Crippen molar-refractivity contribution in [2.24, 2.45) is 0 Å². The Morgan fingerprint density at radius 1 is 0.821 bits per heavy atom. The highest BCUT2D eigenvalue weighted by Gasteiger charge is 2.56. The van der Waals surface area contributed by atoms with E-state index in [0.29, 0.717) is 11.3 Å². The summed E-state index contributed by atoms with van der Waals surface area (Å²) in [7, 11) is 2.88. The van der Waals surface area contributed by atoms with E-state index in [1.54, 1.807) is 61.7 Å². The Balaban J connectivity index is 1.42. The molecule has 0 spiro atoms. The Labute approximate surface area is 325 Å². The number of hydrogen-bond donors (Lipinski definition) is 3. The molecule has 4 aromatic carbocycles. The number of rotatable bonds is 14. The van der Waals surface area contributed by atoms with E-state index in [4.69, 9.17) is 30.5 Å². The van der Waals surface area contributed by atoms with Gasteiger partial charge in [0.25, 0.3) is 5.91 Å². The minimum atomic E-state index is -5.40. The van der Waals surface area contributed by atoms with Gasteiger partial charge in [0, 0.05) is 11.1 Å². The molecule has 1 aromatic heterocycles.